The molecule has 0 spiro atoms. The molecule has 0 bridgehead atoms. The van der Waals surface area contributed by atoms with Gasteiger partial charge < -0.3 is 14.6 Å². The Bertz CT molecular complexity index is 1380. The number of rotatable bonds is 7. The molecule has 5 rings (SSSR count). The first-order valence-corrected chi connectivity index (χ1v) is 11.8. The maximum atomic E-state index is 12.2. The molecule has 2 aromatic carbocycles. The minimum atomic E-state index is -1.70. The van der Waals surface area contributed by atoms with E-state index in [4.69, 9.17) is 32.7 Å². The largest absolute Gasteiger partial charge is 0.494 e. The van der Waals surface area contributed by atoms with Gasteiger partial charge in [0.15, 0.2) is 5.60 Å². The van der Waals surface area contributed by atoms with Gasteiger partial charge in [-0.1, -0.05) is 51.9 Å². The Morgan fingerprint density at radius 2 is 1.39 bits per heavy atom. The van der Waals surface area contributed by atoms with Crippen LogP contribution in [0.25, 0.3) is 11.4 Å². The molecule has 0 amide bonds. The van der Waals surface area contributed by atoms with Crippen LogP contribution in [0.5, 0.6) is 11.5 Å². The number of halogens is 2. The molecule has 0 unspecified atom stereocenters. The van der Waals surface area contributed by atoms with Crippen LogP contribution in [-0.2, 0) is 5.60 Å². The minimum Gasteiger partial charge on any atom is -0.494 e. The van der Waals surface area contributed by atoms with E-state index in [1.165, 1.54) is 9.36 Å². The van der Waals surface area contributed by atoms with Gasteiger partial charge in [0.2, 0.25) is 0 Å². The van der Waals surface area contributed by atoms with Gasteiger partial charge in [-0.15, -0.1) is 10.2 Å². The van der Waals surface area contributed by atoms with Crippen LogP contribution in [0, 0.1) is 0 Å². The van der Waals surface area contributed by atoms with E-state index >= 15 is 0 Å². The van der Waals surface area contributed by atoms with Gasteiger partial charge in [-0.25, -0.2) is 9.36 Å². The van der Waals surface area contributed by atoms with Crippen molar-refractivity contribution >= 4 is 23.2 Å². The number of nitrogens with zero attached hydrogens (tertiary/aromatic N) is 6. The molecule has 0 radical (unpaired) electrons. The Hall–Kier alpha value is -3.66. The van der Waals surface area contributed by atoms with Gasteiger partial charge in [-0.3, -0.25) is 0 Å². The van der Waals surface area contributed by atoms with E-state index in [1.54, 1.807) is 63.0 Å². The third-order valence-electron chi connectivity index (χ3n) is 5.98. The minimum absolute atomic E-state index is 0.274. The number of aliphatic hydroxyl groups is 1. The monoisotopic (exact) mass is 524 g/mol. The molecule has 184 valence electrons. The summed E-state index contributed by atoms with van der Waals surface area (Å²) in [5.41, 5.74) is 0.721. The lowest BCUT2D eigenvalue weighted by atomic mass is 9.83. The molecule has 36 heavy (non-hydrogen) atoms. The Kier molecular flexibility index (Phi) is 6.53. The molecular formula is C25H22Cl2N6O3. The fourth-order valence-corrected chi connectivity index (χ4v) is 4.48. The highest BCUT2D eigenvalue weighted by atomic mass is 35.5. The van der Waals surface area contributed by atoms with Gasteiger partial charge >= 0.3 is 0 Å². The second kappa shape index (κ2) is 9.77. The van der Waals surface area contributed by atoms with Crippen LogP contribution in [0.4, 0.5) is 0 Å². The van der Waals surface area contributed by atoms with E-state index in [-0.39, 0.29) is 11.4 Å². The van der Waals surface area contributed by atoms with E-state index in [1.807, 2.05) is 18.2 Å². The van der Waals surface area contributed by atoms with Gasteiger partial charge in [-0.05, 0) is 54.8 Å². The van der Waals surface area contributed by atoms with Crippen molar-refractivity contribution in [3.8, 4) is 22.9 Å². The van der Waals surface area contributed by atoms with Crippen LogP contribution < -0.4 is 9.47 Å². The smallest absolute Gasteiger partial charge is 0.177 e. The molecule has 1 aliphatic carbocycles. The maximum Gasteiger partial charge on any atom is 0.177 e. The number of hydrogen-bond acceptors (Lipinski definition) is 7. The van der Waals surface area contributed by atoms with Crippen LogP contribution in [0.15, 0.2) is 72.6 Å². The summed E-state index contributed by atoms with van der Waals surface area (Å²) >= 11 is 12.4. The number of benzene rings is 2. The molecule has 0 atom stereocenters. The summed E-state index contributed by atoms with van der Waals surface area (Å²) in [6, 6.07) is 10.3. The fourth-order valence-electron chi connectivity index (χ4n) is 4.14. The summed E-state index contributed by atoms with van der Waals surface area (Å²) in [5.74, 6) is 1.11. The summed E-state index contributed by atoms with van der Waals surface area (Å²) in [4.78, 5) is 0. The first-order valence-electron chi connectivity index (χ1n) is 11.1. The molecule has 2 heterocycles. The Morgan fingerprint density at radius 3 is 1.83 bits per heavy atom. The van der Waals surface area contributed by atoms with Crippen LogP contribution in [0.2, 0.25) is 10.0 Å². The summed E-state index contributed by atoms with van der Waals surface area (Å²) in [5, 5.41) is 30.4. The van der Waals surface area contributed by atoms with Gasteiger partial charge in [0.05, 0.1) is 26.6 Å². The normalized spacial score (nSPS) is 13.5. The molecule has 11 heteroatoms. The van der Waals surface area contributed by atoms with E-state index in [0.29, 0.717) is 44.9 Å². The lowest BCUT2D eigenvalue weighted by molar-refractivity contribution is 0.107. The number of ether oxygens (including phenoxy) is 2. The van der Waals surface area contributed by atoms with Gasteiger partial charge in [0, 0.05) is 10.0 Å². The lowest BCUT2D eigenvalue weighted by Gasteiger charge is -2.27. The summed E-state index contributed by atoms with van der Waals surface area (Å²) < 4.78 is 13.9. The summed E-state index contributed by atoms with van der Waals surface area (Å²) in [7, 11) is 3.12. The quantitative estimate of drug-likeness (QED) is 0.374. The lowest BCUT2D eigenvalue weighted by Crippen LogP contribution is -2.31. The molecule has 0 saturated heterocycles. The van der Waals surface area contributed by atoms with Crippen LogP contribution in [0.1, 0.15) is 24.2 Å². The van der Waals surface area contributed by atoms with E-state index in [0.717, 1.165) is 6.42 Å². The average molecular weight is 525 g/mol. The zero-order chi connectivity index (χ0) is 25.3. The third-order valence-corrected chi connectivity index (χ3v) is 6.45. The van der Waals surface area contributed by atoms with Crippen molar-refractivity contribution in [3.05, 3.63) is 94.0 Å². The van der Waals surface area contributed by atoms with Gasteiger partial charge in [0.1, 0.15) is 34.3 Å². The second-order valence-electron chi connectivity index (χ2n) is 8.10. The standard InChI is InChI=1S/C25H22Cl2N6O3/c1-35-21-10-8-17(26)12-19(21)32-14-23(28-30-32)25(34,16-6-4-3-5-7-16)24-15-33(31-29-24)20-13-18(27)9-11-22(20)36-2/h3-4,6,8-15,34H,5,7H2,1-2H3. The van der Waals surface area contributed by atoms with Gasteiger partial charge in [0.25, 0.3) is 0 Å². The van der Waals surface area contributed by atoms with Gasteiger partial charge in [-0.2, -0.15) is 0 Å². The first-order chi connectivity index (χ1) is 17.4. The van der Waals surface area contributed by atoms with Crippen LogP contribution in [-0.4, -0.2) is 49.3 Å². The molecule has 0 saturated carbocycles. The molecular weight excluding hydrogens is 503 g/mol. The van der Waals surface area contributed by atoms with Crippen molar-refractivity contribution in [1.29, 1.82) is 0 Å². The number of allylic oxidation sites excluding steroid dienone is 3. The van der Waals surface area contributed by atoms with Crippen molar-refractivity contribution in [1.82, 2.24) is 30.0 Å². The Labute approximate surface area is 217 Å². The highest BCUT2D eigenvalue weighted by Crippen LogP contribution is 2.39. The maximum absolute atomic E-state index is 12.2. The van der Waals surface area contributed by atoms with Crippen molar-refractivity contribution in [2.75, 3.05) is 14.2 Å². The average Bonchev–Trinajstić information content (AvgIpc) is 3.60. The van der Waals surface area contributed by atoms with Crippen LogP contribution >= 0.6 is 23.2 Å². The molecule has 4 aromatic rings. The third kappa shape index (κ3) is 4.26. The number of hydrogen-bond donors (Lipinski definition) is 1. The Balaban J connectivity index is 1.63. The van der Waals surface area contributed by atoms with Crippen molar-refractivity contribution in [2.45, 2.75) is 18.4 Å². The second-order valence-corrected chi connectivity index (χ2v) is 8.97. The predicted octanol–water partition coefficient (Wildman–Crippen LogP) is 4.68. The zero-order valence-corrected chi connectivity index (χ0v) is 21.0. The summed E-state index contributed by atoms with van der Waals surface area (Å²) in [6.07, 6.45) is 10.4. The molecule has 1 N–H and O–H groups in total. The van der Waals surface area contributed by atoms with Crippen molar-refractivity contribution in [3.63, 3.8) is 0 Å². The van der Waals surface area contributed by atoms with E-state index in [2.05, 4.69) is 20.6 Å². The molecule has 9 nitrogen and oxygen atoms in total. The highest BCUT2D eigenvalue weighted by Gasteiger charge is 2.42. The highest BCUT2D eigenvalue weighted by molar-refractivity contribution is 6.31. The predicted molar refractivity (Wildman–Crippen MR) is 135 cm³/mol. The van der Waals surface area contributed by atoms with Crippen LogP contribution in [0.3, 0.4) is 0 Å². The van der Waals surface area contributed by atoms with Crippen molar-refractivity contribution < 1.29 is 14.6 Å². The fraction of sp³-hybridized carbons (Fsp3) is 0.200. The molecule has 0 aliphatic heterocycles. The molecule has 0 fully saturated rings. The van der Waals surface area contributed by atoms with E-state index < -0.39 is 5.60 Å². The zero-order valence-electron chi connectivity index (χ0n) is 19.5. The summed E-state index contributed by atoms with van der Waals surface area (Å²) in [6.45, 7) is 0. The topological polar surface area (TPSA) is 100 Å². The number of methoxy groups -OCH3 is 2. The SMILES string of the molecule is COc1ccc(Cl)cc1-n1cc(C(O)(C2=CC=CCC2)c2cn(-c3cc(Cl)ccc3OC)nn2)nn1. The van der Waals surface area contributed by atoms with Crippen molar-refractivity contribution in [2.24, 2.45) is 0 Å². The molecule has 2 aromatic heterocycles. The number of aromatic nitrogens is 6. The Morgan fingerprint density at radius 1 is 0.861 bits per heavy atom. The molecule has 1 aliphatic rings. The van der Waals surface area contributed by atoms with E-state index in [9.17, 15) is 5.11 Å². The first kappa shape index (κ1) is 24.1.